The Bertz CT molecular complexity index is 1100. The predicted molar refractivity (Wildman–Crippen MR) is 118 cm³/mol. The van der Waals surface area contributed by atoms with Gasteiger partial charge in [-0.15, -0.1) is 11.3 Å². The fraction of sp³-hybridized carbons (Fsp3) is 0.261. The van der Waals surface area contributed by atoms with Gasteiger partial charge >= 0.3 is 0 Å². The SMILES string of the molecule is Cc1ncsc1-c1ccc(CNC(=O)C2CC(O)CN2C(=O)c2cccc(O)c2)cc1. The molecule has 0 aliphatic carbocycles. The van der Waals surface area contributed by atoms with Crippen LogP contribution in [0.25, 0.3) is 10.4 Å². The van der Waals surface area contributed by atoms with Crippen molar-refractivity contribution in [3.05, 3.63) is 70.9 Å². The molecule has 31 heavy (non-hydrogen) atoms. The van der Waals surface area contributed by atoms with Gasteiger partial charge in [-0.05, 0) is 36.2 Å². The highest BCUT2D eigenvalue weighted by Gasteiger charge is 2.39. The summed E-state index contributed by atoms with van der Waals surface area (Å²) in [6.45, 7) is 2.37. The smallest absolute Gasteiger partial charge is 0.254 e. The summed E-state index contributed by atoms with van der Waals surface area (Å²) >= 11 is 1.59. The highest BCUT2D eigenvalue weighted by Crippen LogP contribution is 2.27. The molecule has 8 heteroatoms. The maximum atomic E-state index is 12.8. The number of nitrogens with zero attached hydrogens (tertiary/aromatic N) is 2. The summed E-state index contributed by atoms with van der Waals surface area (Å²) in [5.74, 6) is -0.729. The van der Waals surface area contributed by atoms with Crippen LogP contribution in [0, 0.1) is 6.92 Å². The molecule has 0 saturated carbocycles. The fourth-order valence-electron chi connectivity index (χ4n) is 3.75. The van der Waals surface area contributed by atoms with E-state index in [0.717, 1.165) is 21.7 Å². The van der Waals surface area contributed by atoms with Gasteiger partial charge < -0.3 is 20.4 Å². The summed E-state index contributed by atoms with van der Waals surface area (Å²) < 4.78 is 0. The van der Waals surface area contributed by atoms with Crippen LogP contribution in [0.3, 0.4) is 0 Å². The largest absolute Gasteiger partial charge is 0.508 e. The Balaban J connectivity index is 1.41. The molecule has 160 valence electrons. The van der Waals surface area contributed by atoms with Gasteiger partial charge in [0.2, 0.25) is 5.91 Å². The van der Waals surface area contributed by atoms with Crippen LogP contribution in [0.1, 0.15) is 28.0 Å². The molecule has 0 spiro atoms. The zero-order chi connectivity index (χ0) is 22.0. The van der Waals surface area contributed by atoms with Gasteiger partial charge in [-0.3, -0.25) is 9.59 Å². The molecule has 2 aromatic carbocycles. The second kappa shape index (κ2) is 8.87. The number of thiazole rings is 1. The Labute approximate surface area is 184 Å². The van der Waals surface area contributed by atoms with Crippen LogP contribution in [0.2, 0.25) is 0 Å². The zero-order valence-corrected chi connectivity index (χ0v) is 17.8. The second-order valence-electron chi connectivity index (χ2n) is 7.59. The van der Waals surface area contributed by atoms with E-state index < -0.39 is 18.1 Å². The maximum Gasteiger partial charge on any atom is 0.254 e. The van der Waals surface area contributed by atoms with Crippen LogP contribution in [0.15, 0.2) is 54.0 Å². The summed E-state index contributed by atoms with van der Waals surface area (Å²) in [5, 5.41) is 22.6. The van der Waals surface area contributed by atoms with Gasteiger partial charge in [0.25, 0.3) is 5.91 Å². The second-order valence-corrected chi connectivity index (χ2v) is 8.45. The van der Waals surface area contributed by atoms with E-state index in [9.17, 15) is 19.8 Å². The summed E-state index contributed by atoms with van der Waals surface area (Å²) in [6, 6.07) is 13.1. The lowest BCUT2D eigenvalue weighted by molar-refractivity contribution is -0.125. The van der Waals surface area contributed by atoms with Crippen molar-refractivity contribution in [1.82, 2.24) is 15.2 Å². The first kappa shape index (κ1) is 21.0. The normalized spacial score (nSPS) is 18.2. The maximum absolute atomic E-state index is 12.8. The fourth-order valence-corrected chi connectivity index (χ4v) is 4.56. The Hall–Kier alpha value is -3.23. The molecule has 2 heterocycles. The minimum atomic E-state index is -0.765. The molecule has 4 rings (SSSR count). The van der Waals surface area contributed by atoms with Gasteiger partial charge in [0.1, 0.15) is 11.8 Å². The highest BCUT2D eigenvalue weighted by atomic mass is 32.1. The molecule has 1 aliphatic heterocycles. The molecule has 1 aliphatic rings. The van der Waals surface area contributed by atoms with Crippen LogP contribution in [0.5, 0.6) is 5.75 Å². The van der Waals surface area contributed by atoms with Crippen molar-refractivity contribution in [2.24, 2.45) is 0 Å². The predicted octanol–water partition coefficient (Wildman–Crippen LogP) is 2.72. The molecular weight excluding hydrogens is 414 g/mol. The lowest BCUT2D eigenvalue weighted by Crippen LogP contribution is -2.45. The number of hydrogen-bond acceptors (Lipinski definition) is 6. The molecule has 2 atom stereocenters. The number of amides is 2. The molecule has 2 unspecified atom stereocenters. The number of likely N-dealkylation sites (tertiary alicyclic amines) is 1. The van der Waals surface area contributed by atoms with Gasteiger partial charge in [-0.2, -0.15) is 0 Å². The third-order valence-corrected chi connectivity index (χ3v) is 6.34. The molecule has 7 nitrogen and oxygen atoms in total. The Morgan fingerprint density at radius 1 is 1.23 bits per heavy atom. The number of hydrogen-bond donors (Lipinski definition) is 3. The number of aromatic nitrogens is 1. The first-order chi connectivity index (χ1) is 14.9. The molecule has 3 aromatic rings. The van der Waals surface area contributed by atoms with Crippen molar-refractivity contribution in [2.45, 2.75) is 32.0 Å². The van der Waals surface area contributed by atoms with Crippen LogP contribution in [-0.4, -0.2) is 50.6 Å². The van der Waals surface area contributed by atoms with E-state index in [1.54, 1.807) is 23.5 Å². The summed E-state index contributed by atoms with van der Waals surface area (Å²) in [4.78, 5) is 32.4. The van der Waals surface area contributed by atoms with Crippen molar-refractivity contribution in [1.29, 1.82) is 0 Å². The molecule has 2 amide bonds. The van der Waals surface area contributed by atoms with Crippen molar-refractivity contribution in [2.75, 3.05) is 6.54 Å². The Morgan fingerprint density at radius 2 is 2.00 bits per heavy atom. The lowest BCUT2D eigenvalue weighted by atomic mass is 10.1. The number of phenolic OH excluding ortho intramolecular Hbond substituents is 1. The van der Waals surface area contributed by atoms with Crippen LogP contribution in [-0.2, 0) is 11.3 Å². The lowest BCUT2D eigenvalue weighted by Gasteiger charge is -2.24. The number of rotatable bonds is 5. The van der Waals surface area contributed by atoms with Gasteiger partial charge in [0.15, 0.2) is 0 Å². The van der Waals surface area contributed by atoms with E-state index in [4.69, 9.17) is 0 Å². The quantitative estimate of drug-likeness (QED) is 0.570. The van der Waals surface area contributed by atoms with E-state index >= 15 is 0 Å². The number of phenols is 1. The molecule has 0 bridgehead atoms. The molecular formula is C23H23N3O4S. The first-order valence-electron chi connectivity index (χ1n) is 9.97. The number of carbonyl (C=O) groups excluding carboxylic acids is 2. The number of nitrogens with one attached hydrogen (secondary N) is 1. The average Bonchev–Trinajstić information content (AvgIpc) is 3.37. The summed E-state index contributed by atoms with van der Waals surface area (Å²) in [6.07, 6.45) is -0.584. The minimum Gasteiger partial charge on any atom is -0.508 e. The number of aromatic hydroxyl groups is 1. The Kier molecular flexibility index (Phi) is 6.01. The molecule has 1 saturated heterocycles. The number of carbonyl (C=O) groups is 2. The van der Waals surface area contributed by atoms with Crippen LogP contribution >= 0.6 is 11.3 Å². The number of aryl methyl sites for hydroxylation is 1. The highest BCUT2D eigenvalue weighted by molar-refractivity contribution is 7.13. The van der Waals surface area contributed by atoms with E-state index in [2.05, 4.69) is 10.3 Å². The van der Waals surface area contributed by atoms with E-state index in [-0.39, 0.29) is 30.2 Å². The van der Waals surface area contributed by atoms with Gasteiger partial charge in [-0.25, -0.2) is 4.98 Å². The van der Waals surface area contributed by atoms with E-state index in [1.807, 2.05) is 36.7 Å². The number of β-amino-alcohol motifs (C(OH)–C–C–N with tert-alkyl or cyclic N) is 1. The van der Waals surface area contributed by atoms with Crippen molar-refractivity contribution in [3.8, 4) is 16.2 Å². The topological polar surface area (TPSA) is 103 Å². The van der Waals surface area contributed by atoms with Crippen LogP contribution in [0.4, 0.5) is 0 Å². The van der Waals surface area contributed by atoms with Gasteiger partial charge in [0, 0.05) is 25.1 Å². The number of benzene rings is 2. The standard InChI is InChI=1S/C23H23N3O4S/c1-14-21(31-13-25-14)16-7-5-15(6-8-16)11-24-22(29)20-10-19(28)12-26(20)23(30)17-3-2-4-18(27)9-17/h2-9,13,19-20,27-28H,10-12H2,1H3,(H,24,29). The Morgan fingerprint density at radius 3 is 2.68 bits per heavy atom. The van der Waals surface area contributed by atoms with Gasteiger partial charge in [0.05, 0.1) is 22.2 Å². The number of aliphatic hydroxyl groups excluding tert-OH is 1. The van der Waals surface area contributed by atoms with Crippen molar-refractivity contribution >= 4 is 23.2 Å². The van der Waals surface area contributed by atoms with E-state index in [1.165, 1.54) is 17.0 Å². The minimum absolute atomic E-state index is 0.0245. The van der Waals surface area contributed by atoms with Crippen LogP contribution < -0.4 is 5.32 Å². The monoisotopic (exact) mass is 437 g/mol. The summed E-state index contributed by atoms with van der Waals surface area (Å²) in [7, 11) is 0. The molecule has 0 radical (unpaired) electrons. The third-order valence-electron chi connectivity index (χ3n) is 5.36. The molecule has 3 N–H and O–H groups in total. The van der Waals surface area contributed by atoms with Crippen molar-refractivity contribution < 1.29 is 19.8 Å². The number of aliphatic hydroxyl groups is 1. The summed E-state index contributed by atoms with van der Waals surface area (Å²) in [5.41, 5.74) is 5.10. The zero-order valence-electron chi connectivity index (χ0n) is 17.0. The average molecular weight is 438 g/mol. The molecule has 1 fully saturated rings. The third kappa shape index (κ3) is 4.60. The molecule has 1 aromatic heterocycles. The first-order valence-corrected chi connectivity index (χ1v) is 10.9. The van der Waals surface area contributed by atoms with Gasteiger partial charge in [-0.1, -0.05) is 30.3 Å². The van der Waals surface area contributed by atoms with E-state index in [0.29, 0.717) is 6.54 Å². The van der Waals surface area contributed by atoms with Crippen molar-refractivity contribution in [3.63, 3.8) is 0 Å².